The fraction of sp³-hybridized carbons (Fsp3) is 0.667. The van der Waals surface area contributed by atoms with Crippen molar-refractivity contribution in [2.75, 3.05) is 26.8 Å². The molecule has 0 aromatic rings. The molecular weight excluding hydrogens is 102 g/mol. The van der Waals surface area contributed by atoms with Crippen LogP contribution in [0.2, 0.25) is 0 Å². The summed E-state index contributed by atoms with van der Waals surface area (Å²) in [7, 11) is 1.66. The molecule has 0 saturated carbocycles. The van der Waals surface area contributed by atoms with Gasteiger partial charge in [-0.1, -0.05) is 5.92 Å². The van der Waals surface area contributed by atoms with Crippen LogP contribution in [0.25, 0.3) is 0 Å². The van der Waals surface area contributed by atoms with Crippen molar-refractivity contribution in [2.24, 2.45) is 0 Å². The van der Waals surface area contributed by atoms with Crippen molar-refractivity contribution >= 4 is 0 Å². The molecular formula is C6H11NO. The second-order valence-electron chi connectivity index (χ2n) is 1.37. The van der Waals surface area contributed by atoms with Gasteiger partial charge in [-0.3, -0.25) is 0 Å². The highest BCUT2D eigenvalue weighted by atomic mass is 16.5. The normalized spacial score (nSPS) is 8.50. The summed E-state index contributed by atoms with van der Waals surface area (Å²) in [4.78, 5) is 0. The second-order valence-corrected chi connectivity index (χ2v) is 1.37. The minimum absolute atomic E-state index is 0.628. The molecule has 0 aromatic heterocycles. The number of ether oxygens (including phenoxy) is 1. The van der Waals surface area contributed by atoms with Gasteiger partial charge >= 0.3 is 0 Å². The molecule has 2 heteroatoms. The van der Waals surface area contributed by atoms with E-state index >= 15 is 0 Å². The van der Waals surface area contributed by atoms with Crippen LogP contribution in [0.3, 0.4) is 0 Å². The molecule has 0 fully saturated rings. The molecule has 0 saturated heterocycles. The lowest BCUT2D eigenvalue weighted by molar-refractivity contribution is 0.200. The topological polar surface area (TPSA) is 21.3 Å². The molecule has 0 aliphatic heterocycles. The maximum atomic E-state index is 4.96. The summed E-state index contributed by atoms with van der Waals surface area (Å²) < 4.78 is 4.76. The van der Waals surface area contributed by atoms with E-state index in [1.54, 1.807) is 7.11 Å². The third kappa shape index (κ3) is 5.48. The highest BCUT2D eigenvalue weighted by Gasteiger charge is 1.78. The van der Waals surface area contributed by atoms with Gasteiger partial charge in [-0.2, -0.15) is 0 Å². The SMILES string of the molecule is C#CCNCCOC. The predicted octanol–water partition coefficient (Wildman–Crippen LogP) is -0.144. The molecule has 0 aliphatic rings. The Morgan fingerprint density at radius 3 is 3.00 bits per heavy atom. The first-order chi connectivity index (χ1) is 3.91. The van der Waals surface area contributed by atoms with Gasteiger partial charge in [-0.15, -0.1) is 6.42 Å². The van der Waals surface area contributed by atoms with Crippen LogP contribution in [0.5, 0.6) is 0 Å². The van der Waals surface area contributed by atoms with Crippen LogP contribution in [0, 0.1) is 12.3 Å². The molecule has 0 aromatic carbocycles. The van der Waals surface area contributed by atoms with Crippen molar-refractivity contribution in [1.29, 1.82) is 0 Å². The number of hydrogen-bond donors (Lipinski definition) is 1. The molecule has 46 valence electrons. The van der Waals surface area contributed by atoms with Crippen molar-refractivity contribution in [3.63, 3.8) is 0 Å². The predicted molar refractivity (Wildman–Crippen MR) is 33.6 cm³/mol. The lowest BCUT2D eigenvalue weighted by atomic mass is 10.6. The fourth-order valence-electron chi connectivity index (χ4n) is 0.335. The van der Waals surface area contributed by atoms with Crippen LogP contribution >= 0.6 is 0 Å². The average Bonchev–Trinajstić information content (AvgIpc) is 1.81. The number of terminal acetylenes is 1. The van der Waals surface area contributed by atoms with Crippen molar-refractivity contribution in [3.8, 4) is 12.3 Å². The maximum Gasteiger partial charge on any atom is 0.0587 e. The van der Waals surface area contributed by atoms with E-state index in [-0.39, 0.29) is 0 Å². The van der Waals surface area contributed by atoms with Crippen LogP contribution in [0.4, 0.5) is 0 Å². The monoisotopic (exact) mass is 113 g/mol. The highest BCUT2D eigenvalue weighted by Crippen LogP contribution is 1.61. The first kappa shape index (κ1) is 7.48. The van der Waals surface area contributed by atoms with Gasteiger partial charge in [0.15, 0.2) is 0 Å². The van der Waals surface area contributed by atoms with E-state index in [1.807, 2.05) is 0 Å². The lowest BCUT2D eigenvalue weighted by Crippen LogP contribution is -2.18. The summed E-state index contributed by atoms with van der Waals surface area (Å²) in [5.74, 6) is 2.46. The van der Waals surface area contributed by atoms with E-state index in [4.69, 9.17) is 11.2 Å². The molecule has 0 unspecified atom stereocenters. The van der Waals surface area contributed by atoms with Gasteiger partial charge in [0.25, 0.3) is 0 Å². The molecule has 2 nitrogen and oxygen atoms in total. The standard InChI is InChI=1S/C6H11NO/c1-3-4-7-5-6-8-2/h1,7H,4-6H2,2H3. The van der Waals surface area contributed by atoms with Gasteiger partial charge < -0.3 is 10.1 Å². The molecule has 0 rings (SSSR count). The summed E-state index contributed by atoms with van der Waals surface area (Å²) in [5, 5.41) is 2.97. The first-order valence-corrected chi connectivity index (χ1v) is 2.55. The van der Waals surface area contributed by atoms with E-state index < -0.39 is 0 Å². The van der Waals surface area contributed by atoms with Crippen molar-refractivity contribution in [2.45, 2.75) is 0 Å². The van der Waals surface area contributed by atoms with Gasteiger partial charge in [0.1, 0.15) is 0 Å². The van der Waals surface area contributed by atoms with Crippen LogP contribution in [0.15, 0.2) is 0 Å². The zero-order valence-electron chi connectivity index (χ0n) is 5.11. The molecule has 0 bridgehead atoms. The zero-order valence-corrected chi connectivity index (χ0v) is 5.11. The maximum absolute atomic E-state index is 4.96. The molecule has 0 amide bonds. The molecule has 0 heterocycles. The summed E-state index contributed by atoms with van der Waals surface area (Å²) in [5.41, 5.74) is 0. The van der Waals surface area contributed by atoms with Crippen molar-refractivity contribution < 1.29 is 4.74 Å². The smallest absolute Gasteiger partial charge is 0.0587 e. The minimum atomic E-state index is 0.628. The second kappa shape index (κ2) is 6.48. The van der Waals surface area contributed by atoms with Crippen LogP contribution in [-0.2, 0) is 4.74 Å². The molecule has 0 atom stereocenters. The summed E-state index contributed by atoms with van der Waals surface area (Å²) in [6.07, 6.45) is 4.96. The van der Waals surface area contributed by atoms with Crippen LogP contribution in [0.1, 0.15) is 0 Å². The van der Waals surface area contributed by atoms with Crippen molar-refractivity contribution in [3.05, 3.63) is 0 Å². The molecule has 0 aliphatic carbocycles. The van der Waals surface area contributed by atoms with Gasteiger partial charge in [0, 0.05) is 13.7 Å². The van der Waals surface area contributed by atoms with E-state index in [0.717, 1.165) is 13.2 Å². The van der Waals surface area contributed by atoms with Gasteiger partial charge in [0.2, 0.25) is 0 Å². The third-order valence-electron chi connectivity index (χ3n) is 0.710. The number of hydrogen-bond acceptors (Lipinski definition) is 2. The van der Waals surface area contributed by atoms with E-state index in [9.17, 15) is 0 Å². The van der Waals surface area contributed by atoms with Crippen LogP contribution < -0.4 is 5.32 Å². The van der Waals surface area contributed by atoms with E-state index in [1.165, 1.54) is 0 Å². The fourth-order valence-corrected chi connectivity index (χ4v) is 0.335. The Bertz CT molecular complexity index is 75.1. The number of methoxy groups -OCH3 is 1. The lowest BCUT2D eigenvalue weighted by Gasteiger charge is -1.96. The zero-order chi connectivity index (χ0) is 6.24. The van der Waals surface area contributed by atoms with E-state index in [2.05, 4.69) is 11.2 Å². The third-order valence-corrected chi connectivity index (χ3v) is 0.710. The number of nitrogens with one attached hydrogen (secondary N) is 1. The van der Waals surface area contributed by atoms with Gasteiger partial charge in [-0.25, -0.2) is 0 Å². The quantitative estimate of drug-likeness (QED) is 0.404. The summed E-state index contributed by atoms with van der Waals surface area (Å²) in [6, 6.07) is 0. The Morgan fingerprint density at radius 1 is 1.75 bits per heavy atom. The summed E-state index contributed by atoms with van der Waals surface area (Å²) >= 11 is 0. The summed E-state index contributed by atoms with van der Waals surface area (Å²) in [6.45, 7) is 2.19. The Balaban J connectivity index is 2.65. The average molecular weight is 113 g/mol. The first-order valence-electron chi connectivity index (χ1n) is 2.55. The Morgan fingerprint density at radius 2 is 2.50 bits per heavy atom. The van der Waals surface area contributed by atoms with Crippen LogP contribution in [-0.4, -0.2) is 26.8 Å². The molecule has 0 radical (unpaired) electrons. The Kier molecular flexibility index (Phi) is 6.06. The molecule has 8 heavy (non-hydrogen) atoms. The Hall–Kier alpha value is -0.520. The minimum Gasteiger partial charge on any atom is -0.383 e. The Labute approximate surface area is 50.2 Å². The number of rotatable bonds is 4. The van der Waals surface area contributed by atoms with Crippen molar-refractivity contribution in [1.82, 2.24) is 5.32 Å². The van der Waals surface area contributed by atoms with Gasteiger partial charge in [-0.05, 0) is 0 Å². The highest BCUT2D eigenvalue weighted by molar-refractivity contribution is 4.86. The van der Waals surface area contributed by atoms with Gasteiger partial charge in [0.05, 0.1) is 13.2 Å². The molecule has 0 spiro atoms. The molecule has 1 N–H and O–H groups in total. The van der Waals surface area contributed by atoms with E-state index in [0.29, 0.717) is 6.54 Å². The largest absolute Gasteiger partial charge is 0.383 e.